The summed E-state index contributed by atoms with van der Waals surface area (Å²) in [5.74, 6) is 0.0569. The van der Waals surface area contributed by atoms with Crippen LogP contribution in [-0.4, -0.2) is 46.8 Å². The van der Waals surface area contributed by atoms with Gasteiger partial charge in [-0.25, -0.2) is 0 Å². The predicted octanol–water partition coefficient (Wildman–Crippen LogP) is 3.22. The normalized spacial score (nSPS) is 14.4. The van der Waals surface area contributed by atoms with E-state index in [0.717, 1.165) is 9.75 Å². The van der Waals surface area contributed by atoms with Crippen LogP contribution in [0.4, 0.5) is 5.69 Å². The molecule has 1 fully saturated rings. The molecule has 3 heterocycles. The monoisotopic (exact) mass is 414 g/mol. The van der Waals surface area contributed by atoms with E-state index in [1.165, 1.54) is 16.0 Å². The minimum absolute atomic E-state index is 0.0569. The fraction of sp³-hybridized carbons (Fsp3) is 0.250. The summed E-state index contributed by atoms with van der Waals surface area (Å²) >= 11 is 7.90. The van der Waals surface area contributed by atoms with Gasteiger partial charge in [0.05, 0.1) is 22.4 Å². The van der Waals surface area contributed by atoms with E-state index in [-0.39, 0.29) is 16.5 Å². The molecule has 1 saturated heterocycles. The molecule has 3 aromatic rings. The third kappa shape index (κ3) is 3.55. The molecule has 4 rings (SSSR count). The van der Waals surface area contributed by atoms with E-state index in [4.69, 9.17) is 11.6 Å². The van der Waals surface area contributed by atoms with Gasteiger partial charge in [0.2, 0.25) is 0 Å². The summed E-state index contributed by atoms with van der Waals surface area (Å²) in [6, 6.07) is 13.0. The fourth-order valence-corrected chi connectivity index (χ4v) is 4.34. The minimum Gasteiger partial charge on any atom is -0.365 e. The Balaban J connectivity index is 1.50. The van der Waals surface area contributed by atoms with Crippen LogP contribution in [0, 0.1) is 6.92 Å². The van der Waals surface area contributed by atoms with E-state index in [2.05, 4.69) is 5.10 Å². The molecule has 1 aliphatic heterocycles. The Morgan fingerprint density at radius 3 is 2.43 bits per heavy atom. The quantitative estimate of drug-likeness (QED) is 0.660. The summed E-state index contributed by atoms with van der Waals surface area (Å²) in [5, 5.41) is 4.43. The van der Waals surface area contributed by atoms with Gasteiger partial charge in [-0.2, -0.15) is 9.78 Å². The number of rotatable bonds is 3. The lowest BCUT2D eigenvalue weighted by Crippen LogP contribution is -2.49. The second-order valence-corrected chi connectivity index (χ2v) is 8.25. The number of aryl methyl sites for hydroxylation is 1. The molecule has 6 nitrogen and oxygen atoms in total. The SMILES string of the molecule is Cc1ccc(C(=O)N2CCN(c3cnn(-c4ccccc4)c(=O)c3Cl)CC2)s1. The van der Waals surface area contributed by atoms with Gasteiger partial charge in [0.1, 0.15) is 5.02 Å². The molecular formula is C20H19ClN4O2S. The lowest BCUT2D eigenvalue weighted by atomic mass is 10.2. The van der Waals surface area contributed by atoms with Crippen molar-refractivity contribution in [3.05, 3.63) is 73.8 Å². The molecule has 1 aliphatic rings. The van der Waals surface area contributed by atoms with Gasteiger partial charge < -0.3 is 9.80 Å². The van der Waals surface area contributed by atoms with Crippen molar-refractivity contribution in [1.82, 2.24) is 14.7 Å². The zero-order valence-electron chi connectivity index (χ0n) is 15.3. The van der Waals surface area contributed by atoms with Crippen LogP contribution in [0.2, 0.25) is 5.02 Å². The number of hydrogen-bond donors (Lipinski definition) is 0. The highest BCUT2D eigenvalue weighted by atomic mass is 35.5. The van der Waals surface area contributed by atoms with Crippen LogP contribution in [-0.2, 0) is 0 Å². The summed E-state index contributed by atoms with van der Waals surface area (Å²) in [5.41, 5.74) is 0.929. The van der Waals surface area contributed by atoms with Crippen molar-refractivity contribution in [3.63, 3.8) is 0 Å². The molecular weight excluding hydrogens is 396 g/mol. The minimum atomic E-state index is -0.349. The van der Waals surface area contributed by atoms with Crippen LogP contribution in [0.5, 0.6) is 0 Å². The zero-order valence-corrected chi connectivity index (χ0v) is 16.9. The Labute approximate surface area is 171 Å². The molecule has 0 saturated carbocycles. The molecule has 0 aliphatic carbocycles. The summed E-state index contributed by atoms with van der Waals surface area (Å²) in [6.45, 7) is 4.35. The average Bonchev–Trinajstić information content (AvgIpc) is 3.16. The second kappa shape index (κ2) is 7.77. The van der Waals surface area contributed by atoms with Gasteiger partial charge in [-0.05, 0) is 31.2 Å². The maximum Gasteiger partial charge on any atom is 0.292 e. The number of anilines is 1. The van der Waals surface area contributed by atoms with E-state index in [9.17, 15) is 9.59 Å². The highest BCUT2D eigenvalue weighted by Crippen LogP contribution is 2.24. The van der Waals surface area contributed by atoms with Gasteiger partial charge in [-0.15, -0.1) is 11.3 Å². The number of halogens is 1. The smallest absolute Gasteiger partial charge is 0.292 e. The lowest BCUT2D eigenvalue weighted by molar-refractivity contribution is 0.0751. The van der Waals surface area contributed by atoms with E-state index >= 15 is 0 Å². The molecule has 1 amide bonds. The van der Waals surface area contributed by atoms with Crippen molar-refractivity contribution in [2.24, 2.45) is 0 Å². The number of aromatic nitrogens is 2. The molecule has 144 valence electrons. The first kappa shape index (κ1) is 18.7. The molecule has 8 heteroatoms. The first-order valence-corrected chi connectivity index (χ1v) is 10.2. The summed E-state index contributed by atoms with van der Waals surface area (Å²) < 4.78 is 1.30. The largest absolute Gasteiger partial charge is 0.365 e. The number of amides is 1. The number of thiophene rings is 1. The third-order valence-corrected chi connectivity index (χ3v) is 6.10. The molecule has 28 heavy (non-hydrogen) atoms. The molecule has 0 unspecified atom stereocenters. The van der Waals surface area contributed by atoms with Crippen LogP contribution in [0.25, 0.3) is 5.69 Å². The highest BCUT2D eigenvalue weighted by molar-refractivity contribution is 7.13. The van der Waals surface area contributed by atoms with Crippen molar-refractivity contribution in [2.45, 2.75) is 6.92 Å². The first-order chi connectivity index (χ1) is 13.5. The first-order valence-electron chi connectivity index (χ1n) is 8.98. The topological polar surface area (TPSA) is 58.4 Å². The number of hydrogen-bond acceptors (Lipinski definition) is 5. The Kier molecular flexibility index (Phi) is 5.19. The van der Waals surface area contributed by atoms with Crippen LogP contribution >= 0.6 is 22.9 Å². The number of para-hydroxylation sites is 1. The van der Waals surface area contributed by atoms with Crippen LogP contribution in [0.3, 0.4) is 0 Å². The number of piperazine rings is 1. The predicted molar refractivity (Wildman–Crippen MR) is 112 cm³/mol. The highest BCUT2D eigenvalue weighted by Gasteiger charge is 2.25. The molecule has 0 atom stereocenters. The van der Waals surface area contributed by atoms with E-state index in [1.54, 1.807) is 18.3 Å². The Bertz CT molecular complexity index is 1060. The number of carbonyl (C=O) groups excluding carboxylic acids is 1. The Morgan fingerprint density at radius 1 is 1.07 bits per heavy atom. The van der Waals surface area contributed by atoms with Gasteiger partial charge in [0.15, 0.2) is 0 Å². The summed E-state index contributed by atoms with van der Waals surface area (Å²) in [6.07, 6.45) is 1.62. The van der Waals surface area contributed by atoms with Crippen molar-refractivity contribution in [2.75, 3.05) is 31.1 Å². The summed E-state index contributed by atoms with van der Waals surface area (Å²) in [7, 11) is 0. The molecule has 1 aromatic carbocycles. The molecule has 2 aromatic heterocycles. The molecule has 0 spiro atoms. The van der Waals surface area contributed by atoms with Crippen molar-refractivity contribution < 1.29 is 4.79 Å². The second-order valence-electron chi connectivity index (χ2n) is 6.59. The lowest BCUT2D eigenvalue weighted by Gasteiger charge is -2.36. The van der Waals surface area contributed by atoms with Gasteiger partial charge >= 0.3 is 0 Å². The molecule has 0 bridgehead atoms. The van der Waals surface area contributed by atoms with Gasteiger partial charge in [-0.1, -0.05) is 29.8 Å². The van der Waals surface area contributed by atoms with Crippen LogP contribution < -0.4 is 10.5 Å². The molecule has 0 radical (unpaired) electrons. The maximum absolute atomic E-state index is 12.7. The van der Waals surface area contributed by atoms with E-state index < -0.39 is 0 Å². The maximum atomic E-state index is 12.7. The summed E-state index contributed by atoms with van der Waals surface area (Å²) in [4.78, 5) is 31.0. The van der Waals surface area contributed by atoms with Crippen LogP contribution in [0.1, 0.15) is 14.5 Å². The van der Waals surface area contributed by atoms with Gasteiger partial charge in [-0.3, -0.25) is 9.59 Å². The number of nitrogens with zero attached hydrogens (tertiary/aromatic N) is 4. The average molecular weight is 415 g/mol. The Hall–Kier alpha value is -2.64. The van der Waals surface area contributed by atoms with Gasteiger partial charge in [0, 0.05) is 31.1 Å². The third-order valence-electron chi connectivity index (χ3n) is 4.76. The van der Waals surface area contributed by atoms with Gasteiger partial charge in [0.25, 0.3) is 11.5 Å². The van der Waals surface area contributed by atoms with E-state index in [0.29, 0.717) is 37.6 Å². The number of benzene rings is 1. The fourth-order valence-electron chi connectivity index (χ4n) is 3.25. The van der Waals surface area contributed by atoms with Crippen LogP contribution in [0.15, 0.2) is 53.5 Å². The Morgan fingerprint density at radius 2 is 1.79 bits per heavy atom. The van der Waals surface area contributed by atoms with Crippen molar-refractivity contribution >= 4 is 34.5 Å². The van der Waals surface area contributed by atoms with Crippen molar-refractivity contribution in [3.8, 4) is 5.69 Å². The number of carbonyl (C=O) groups is 1. The van der Waals surface area contributed by atoms with Crippen molar-refractivity contribution in [1.29, 1.82) is 0 Å². The zero-order chi connectivity index (χ0) is 19.7. The molecule has 0 N–H and O–H groups in total. The van der Waals surface area contributed by atoms with E-state index in [1.807, 2.05) is 47.1 Å². The standard InChI is InChI=1S/C20H19ClN4O2S/c1-14-7-8-17(28-14)19(26)24-11-9-23(10-12-24)16-13-22-25(20(27)18(16)21)15-5-3-2-4-6-15/h2-8,13H,9-12H2,1H3.